The lowest BCUT2D eigenvalue weighted by Crippen LogP contribution is -2.27. The van der Waals surface area contributed by atoms with Gasteiger partial charge in [-0.05, 0) is 60.2 Å². The summed E-state index contributed by atoms with van der Waals surface area (Å²) in [6.07, 6.45) is 10.2. The zero-order chi connectivity index (χ0) is 28.4. The van der Waals surface area contributed by atoms with Crippen LogP contribution in [0.1, 0.15) is 43.9 Å². The number of carboxylic acid groups (broad SMARTS) is 1. The second kappa shape index (κ2) is 13.9. The van der Waals surface area contributed by atoms with Gasteiger partial charge in [-0.25, -0.2) is 4.79 Å². The van der Waals surface area contributed by atoms with Crippen LogP contribution >= 0.6 is 0 Å². The maximum atomic E-state index is 12.6. The van der Waals surface area contributed by atoms with Crippen molar-refractivity contribution in [2.75, 3.05) is 24.3 Å². The van der Waals surface area contributed by atoms with Crippen molar-refractivity contribution in [1.82, 2.24) is 10.2 Å². The van der Waals surface area contributed by atoms with Crippen LogP contribution in [0.4, 0.5) is 16.2 Å². The van der Waals surface area contributed by atoms with Crippen LogP contribution < -0.4 is 20.7 Å². The number of hydrogen-bond acceptors (Lipinski definition) is 5. The second-order valence-corrected chi connectivity index (χ2v) is 9.62. The number of hydrogen-bond donors (Lipinski definition) is 4. The number of rotatable bonds is 11. The number of anilines is 2. The largest absolute Gasteiger partial charge is 0.495 e. The lowest BCUT2D eigenvalue weighted by atomic mass is 9.98. The topological polar surface area (TPSA) is 120 Å². The van der Waals surface area contributed by atoms with Crippen LogP contribution in [0.15, 0.2) is 78.7 Å². The average molecular weight is 533 g/mol. The number of nitrogens with one attached hydrogen (secondary N) is 3. The van der Waals surface area contributed by atoms with Gasteiger partial charge in [-0.15, -0.1) is 0 Å². The van der Waals surface area contributed by atoms with Crippen LogP contribution in [-0.4, -0.2) is 41.6 Å². The Balaban J connectivity index is 1.78. The third-order valence-electron chi connectivity index (χ3n) is 6.16. The fourth-order valence-corrected chi connectivity index (χ4v) is 4.35. The quantitative estimate of drug-likeness (QED) is 0.299. The monoisotopic (exact) mass is 532 g/mol. The number of ether oxygens (including phenoxy) is 1. The average Bonchev–Trinajstić information content (AvgIpc) is 3.09. The van der Waals surface area contributed by atoms with E-state index in [1.54, 1.807) is 12.1 Å². The van der Waals surface area contributed by atoms with Crippen molar-refractivity contribution in [2.45, 2.75) is 39.7 Å². The van der Waals surface area contributed by atoms with Gasteiger partial charge in [0.05, 0.1) is 18.8 Å². The zero-order valence-corrected chi connectivity index (χ0v) is 22.7. The Morgan fingerprint density at radius 1 is 1.05 bits per heavy atom. The van der Waals surface area contributed by atoms with E-state index in [1.807, 2.05) is 79.7 Å². The molecule has 0 saturated carbocycles. The molecule has 9 nitrogen and oxygen atoms in total. The Bertz CT molecular complexity index is 1280. The first-order valence-corrected chi connectivity index (χ1v) is 12.8. The molecule has 0 radical (unpaired) electrons. The number of amides is 3. The SMILES string of the molecule is COc1cc(C(CC2=CN(CC(C)CC(=O)O)C=CC=C2)NC(C)=O)ccc1NC(=O)Nc1ccccc1C. The fourth-order valence-electron chi connectivity index (χ4n) is 4.35. The van der Waals surface area contributed by atoms with E-state index in [1.165, 1.54) is 14.0 Å². The minimum atomic E-state index is -0.825. The number of aryl methyl sites for hydroxylation is 1. The van der Waals surface area contributed by atoms with Crippen LogP contribution in [0.5, 0.6) is 5.75 Å². The molecule has 1 aliphatic heterocycles. The van der Waals surface area contributed by atoms with Gasteiger partial charge in [-0.3, -0.25) is 9.59 Å². The molecule has 2 aromatic carbocycles. The number of allylic oxidation sites excluding steroid dienone is 3. The standard InChI is InChI=1S/C30H36N4O5/c1-20(15-29(36)37)18-34-14-8-7-10-23(19-34)16-27(31-22(3)35)24-12-13-26(28(17-24)39-4)33-30(38)32-25-11-6-5-9-21(25)2/h5-14,17,19-20,27H,15-16,18H2,1-4H3,(H,31,35)(H,36,37)(H2,32,33,38). The van der Waals surface area contributed by atoms with E-state index in [2.05, 4.69) is 16.0 Å². The summed E-state index contributed by atoms with van der Waals surface area (Å²) in [6.45, 7) is 5.83. The number of para-hydroxylation sites is 1. The van der Waals surface area contributed by atoms with Crippen molar-refractivity contribution in [3.63, 3.8) is 0 Å². The van der Waals surface area contributed by atoms with Gasteiger partial charge in [0, 0.05) is 38.0 Å². The molecule has 0 aromatic heterocycles. The zero-order valence-electron chi connectivity index (χ0n) is 22.7. The normalized spacial score (nSPS) is 14.1. The highest BCUT2D eigenvalue weighted by Gasteiger charge is 2.19. The van der Waals surface area contributed by atoms with Crippen molar-refractivity contribution in [3.8, 4) is 5.75 Å². The molecule has 206 valence electrons. The highest BCUT2D eigenvalue weighted by Crippen LogP contribution is 2.31. The number of nitrogens with zero attached hydrogens (tertiary/aromatic N) is 1. The van der Waals surface area contributed by atoms with Crippen LogP contribution in [-0.2, 0) is 9.59 Å². The summed E-state index contributed by atoms with van der Waals surface area (Å²) in [5.41, 5.74) is 3.91. The van der Waals surface area contributed by atoms with Crippen LogP contribution in [0, 0.1) is 12.8 Å². The third-order valence-corrected chi connectivity index (χ3v) is 6.16. The summed E-state index contributed by atoms with van der Waals surface area (Å²) in [4.78, 5) is 37.8. The number of carbonyl (C=O) groups is 3. The summed E-state index contributed by atoms with van der Waals surface area (Å²) in [6, 6.07) is 12.1. The smallest absolute Gasteiger partial charge is 0.323 e. The molecular weight excluding hydrogens is 496 g/mol. The number of methoxy groups -OCH3 is 1. The molecule has 4 N–H and O–H groups in total. The van der Waals surface area contributed by atoms with E-state index in [-0.39, 0.29) is 24.3 Å². The van der Waals surface area contributed by atoms with E-state index < -0.39 is 12.0 Å². The molecular formula is C30H36N4O5. The molecule has 3 amide bonds. The van der Waals surface area contributed by atoms with Gasteiger partial charge in [-0.1, -0.05) is 43.3 Å². The Kier molecular flexibility index (Phi) is 10.3. The molecule has 0 bridgehead atoms. The van der Waals surface area contributed by atoms with E-state index in [4.69, 9.17) is 9.84 Å². The molecule has 1 heterocycles. The molecule has 0 fully saturated rings. The van der Waals surface area contributed by atoms with Crippen LogP contribution in [0.3, 0.4) is 0 Å². The summed E-state index contributed by atoms with van der Waals surface area (Å²) < 4.78 is 5.57. The van der Waals surface area contributed by atoms with Gasteiger partial charge in [0.25, 0.3) is 0 Å². The van der Waals surface area contributed by atoms with E-state index in [9.17, 15) is 14.4 Å². The Morgan fingerprint density at radius 3 is 2.49 bits per heavy atom. The van der Waals surface area contributed by atoms with Gasteiger partial charge in [0.2, 0.25) is 5.91 Å². The first-order valence-electron chi connectivity index (χ1n) is 12.8. The molecule has 0 spiro atoms. The highest BCUT2D eigenvalue weighted by atomic mass is 16.5. The van der Waals surface area contributed by atoms with Crippen LogP contribution in [0.25, 0.3) is 0 Å². The molecule has 0 aliphatic carbocycles. The van der Waals surface area contributed by atoms with Crippen molar-refractivity contribution in [2.24, 2.45) is 5.92 Å². The predicted molar refractivity (Wildman–Crippen MR) is 152 cm³/mol. The van der Waals surface area contributed by atoms with Gasteiger partial charge in [-0.2, -0.15) is 0 Å². The fraction of sp³-hybridized carbons (Fsp3) is 0.300. The lowest BCUT2D eigenvalue weighted by Gasteiger charge is -2.23. The van der Waals surface area contributed by atoms with Gasteiger partial charge < -0.3 is 30.7 Å². The van der Waals surface area contributed by atoms with Crippen molar-refractivity contribution in [3.05, 3.63) is 89.8 Å². The maximum Gasteiger partial charge on any atom is 0.323 e. The number of aliphatic carboxylic acids is 1. The molecule has 1 aliphatic rings. The van der Waals surface area contributed by atoms with Crippen LogP contribution in [0.2, 0.25) is 0 Å². The Hall–Kier alpha value is -4.53. The summed E-state index contributed by atoms with van der Waals surface area (Å²) in [5, 5.41) is 17.8. The first kappa shape index (κ1) is 29.0. The Morgan fingerprint density at radius 2 is 1.79 bits per heavy atom. The van der Waals surface area contributed by atoms with Crippen molar-refractivity contribution < 1.29 is 24.2 Å². The van der Waals surface area contributed by atoms with E-state index in [0.29, 0.717) is 30.1 Å². The third kappa shape index (κ3) is 9.07. The molecule has 9 heteroatoms. The van der Waals surface area contributed by atoms with E-state index >= 15 is 0 Å². The maximum absolute atomic E-state index is 12.6. The lowest BCUT2D eigenvalue weighted by molar-refractivity contribution is -0.138. The Labute approximate surface area is 229 Å². The number of benzene rings is 2. The molecule has 2 aromatic rings. The molecule has 39 heavy (non-hydrogen) atoms. The minimum absolute atomic E-state index is 0.0406. The van der Waals surface area contributed by atoms with Gasteiger partial charge in [0.15, 0.2) is 0 Å². The number of carboxylic acids is 1. The molecule has 2 atom stereocenters. The molecule has 3 rings (SSSR count). The van der Waals surface area contributed by atoms with E-state index in [0.717, 1.165) is 16.7 Å². The molecule has 2 unspecified atom stereocenters. The van der Waals surface area contributed by atoms with Crippen molar-refractivity contribution in [1.29, 1.82) is 0 Å². The second-order valence-electron chi connectivity index (χ2n) is 9.62. The highest BCUT2D eigenvalue weighted by molar-refractivity contribution is 6.01. The number of carbonyl (C=O) groups excluding carboxylic acids is 2. The molecule has 0 saturated heterocycles. The van der Waals surface area contributed by atoms with Crippen molar-refractivity contribution >= 4 is 29.3 Å². The number of urea groups is 1. The predicted octanol–water partition coefficient (Wildman–Crippen LogP) is 5.60. The first-order chi connectivity index (χ1) is 18.6. The minimum Gasteiger partial charge on any atom is -0.495 e. The summed E-state index contributed by atoms with van der Waals surface area (Å²) in [7, 11) is 1.52. The van der Waals surface area contributed by atoms with Gasteiger partial charge in [0.1, 0.15) is 5.75 Å². The van der Waals surface area contributed by atoms with Gasteiger partial charge >= 0.3 is 12.0 Å². The summed E-state index contributed by atoms with van der Waals surface area (Å²) >= 11 is 0. The summed E-state index contributed by atoms with van der Waals surface area (Å²) in [5.74, 6) is -0.587.